The zero-order valence-corrected chi connectivity index (χ0v) is 11.2. The third kappa shape index (κ3) is 3.78. The first-order valence-corrected chi connectivity index (χ1v) is 7.33. The van der Waals surface area contributed by atoms with E-state index in [1.807, 2.05) is 6.07 Å². The van der Waals surface area contributed by atoms with Crippen LogP contribution in [0.1, 0.15) is 25.1 Å². The van der Waals surface area contributed by atoms with Gasteiger partial charge in [-0.15, -0.1) is 11.3 Å². The topological polar surface area (TPSA) is 90.2 Å². The Bertz CT molecular complexity index is 526. The largest absolute Gasteiger partial charge is 0.389 e. The Hall–Kier alpha value is -0.940. The number of nitriles is 1. The van der Waals surface area contributed by atoms with Gasteiger partial charge < -0.3 is 5.11 Å². The van der Waals surface area contributed by atoms with E-state index in [9.17, 15) is 13.5 Å². The molecule has 1 unspecified atom stereocenters. The number of aliphatic hydroxyl groups is 1. The molecule has 0 fully saturated rings. The lowest BCUT2D eigenvalue weighted by Gasteiger charge is -2.21. The highest BCUT2D eigenvalue weighted by atomic mass is 32.2. The van der Waals surface area contributed by atoms with Crippen LogP contribution in [-0.4, -0.2) is 25.7 Å². The van der Waals surface area contributed by atoms with E-state index < -0.39 is 15.6 Å². The lowest BCUT2D eigenvalue weighted by atomic mass is 10.1. The Balaban J connectivity index is 2.80. The lowest BCUT2D eigenvalue weighted by molar-refractivity contribution is 0.0614. The fourth-order valence-corrected chi connectivity index (χ4v) is 3.28. The average Bonchev–Trinajstić information content (AvgIpc) is 2.76. The molecular formula is C10H14N2O3S2. The van der Waals surface area contributed by atoms with Crippen molar-refractivity contribution in [3.8, 4) is 6.07 Å². The molecule has 0 amide bonds. The maximum absolute atomic E-state index is 11.8. The van der Waals surface area contributed by atoms with Gasteiger partial charge in [-0.1, -0.05) is 6.92 Å². The van der Waals surface area contributed by atoms with Crippen molar-refractivity contribution >= 4 is 21.4 Å². The Labute approximate surface area is 105 Å². The van der Waals surface area contributed by atoms with E-state index >= 15 is 0 Å². The van der Waals surface area contributed by atoms with Crippen LogP contribution in [0.4, 0.5) is 0 Å². The van der Waals surface area contributed by atoms with Crippen LogP contribution in [0.25, 0.3) is 0 Å². The first kappa shape index (κ1) is 14.1. The van der Waals surface area contributed by atoms with Crippen LogP contribution in [0, 0.1) is 11.3 Å². The highest BCUT2D eigenvalue weighted by Gasteiger charge is 2.23. The quantitative estimate of drug-likeness (QED) is 0.840. The molecule has 2 N–H and O–H groups in total. The normalized spacial score (nSPS) is 15.2. The van der Waals surface area contributed by atoms with Crippen molar-refractivity contribution in [1.29, 1.82) is 5.26 Å². The summed E-state index contributed by atoms with van der Waals surface area (Å²) in [4.78, 5) is 0.340. The molecule has 5 nitrogen and oxygen atoms in total. The van der Waals surface area contributed by atoms with Gasteiger partial charge in [0.25, 0.3) is 0 Å². The Morgan fingerprint density at radius 1 is 1.59 bits per heavy atom. The van der Waals surface area contributed by atoms with E-state index in [-0.39, 0.29) is 10.8 Å². The molecule has 0 bridgehead atoms. The number of hydrogen-bond donors (Lipinski definition) is 2. The molecule has 0 aliphatic rings. The lowest BCUT2D eigenvalue weighted by Crippen LogP contribution is -2.39. The summed E-state index contributed by atoms with van der Waals surface area (Å²) < 4.78 is 26.0. The molecule has 1 rings (SSSR count). The molecule has 17 heavy (non-hydrogen) atoms. The number of thiophene rings is 1. The number of rotatable bonds is 5. The van der Waals surface area contributed by atoms with E-state index in [0.29, 0.717) is 11.3 Å². The summed E-state index contributed by atoms with van der Waals surface area (Å²) in [5, 5.41) is 18.3. The Morgan fingerprint density at radius 2 is 2.24 bits per heavy atom. The molecule has 1 atom stereocenters. The molecule has 0 spiro atoms. The van der Waals surface area contributed by atoms with E-state index in [1.54, 1.807) is 13.8 Å². The zero-order chi connectivity index (χ0) is 13.1. The highest BCUT2D eigenvalue weighted by Crippen LogP contribution is 2.21. The molecule has 1 aromatic rings. The van der Waals surface area contributed by atoms with Gasteiger partial charge in [0.1, 0.15) is 15.2 Å². The molecular weight excluding hydrogens is 260 g/mol. The SMILES string of the molecule is CCC(C)(O)CNS(=O)(=O)c1ccc(C#N)s1. The number of nitrogens with one attached hydrogen (secondary N) is 1. The first-order valence-electron chi connectivity index (χ1n) is 5.03. The second-order valence-corrected chi connectivity index (χ2v) is 6.98. The average molecular weight is 274 g/mol. The molecule has 0 aromatic carbocycles. The van der Waals surface area contributed by atoms with Gasteiger partial charge in [-0.25, -0.2) is 13.1 Å². The van der Waals surface area contributed by atoms with Gasteiger partial charge in [0, 0.05) is 6.54 Å². The van der Waals surface area contributed by atoms with Crippen LogP contribution >= 0.6 is 11.3 Å². The minimum Gasteiger partial charge on any atom is -0.389 e. The Kier molecular flexibility index (Phi) is 4.27. The predicted molar refractivity (Wildman–Crippen MR) is 65.1 cm³/mol. The predicted octanol–water partition coefficient (Wildman–Crippen LogP) is 1.06. The Morgan fingerprint density at radius 3 is 2.71 bits per heavy atom. The third-order valence-electron chi connectivity index (χ3n) is 2.36. The standard InChI is InChI=1S/C10H14N2O3S2/c1-3-10(2,13)7-12-17(14,15)9-5-4-8(6-11)16-9/h4-5,12-13H,3,7H2,1-2H3. The summed E-state index contributed by atoms with van der Waals surface area (Å²) >= 11 is 0.905. The molecule has 0 radical (unpaired) electrons. The second kappa shape index (κ2) is 5.14. The fraction of sp³-hybridized carbons (Fsp3) is 0.500. The number of nitrogens with zero attached hydrogens (tertiary/aromatic N) is 1. The van der Waals surface area contributed by atoms with E-state index in [2.05, 4.69) is 4.72 Å². The first-order chi connectivity index (χ1) is 7.80. The molecule has 7 heteroatoms. The van der Waals surface area contributed by atoms with Crippen molar-refractivity contribution in [2.75, 3.05) is 6.54 Å². The second-order valence-electron chi connectivity index (χ2n) is 3.91. The van der Waals surface area contributed by atoms with Crippen LogP contribution in [0.15, 0.2) is 16.3 Å². The smallest absolute Gasteiger partial charge is 0.250 e. The molecule has 0 saturated heterocycles. The van der Waals surface area contributed by atoms with Crippen molar-refractivity contribution in [2.24, 2.45) is 0 Å². The maximum Gasteiger partial charge on any atom is 0.250 e. The molecule has 94 valence electrons. The van der Waals surface area contributed by atoms with Crippen molar-refractivity contribution in [3.63, 3.8) is 0 Å². The van der Waals surface area contributed by atoms with Crippen LogP contribution < -0.4 is 4.72 Å². The maximum atomic E-state index is 11.8. The van der Waals surface area contributed by atoms with E-state index in [1.165, 1.54) is 12.1 Å². The van der Waals surface area contributed by atoms with E-state index in [0.717, 1.165) is 11.3 Å². The van der Waals surface area contributed by atoms with Crippen LogP contribution in [0.2, 0.25) is 0 Å². The minimum absolute atomic E-state index is 0.0500. The van der Waals surface area contributed by atoms with Crippen LogP contribution in [0.5, 0.6) is 0 Å². The molecule has 0 aliphatic carbocycles. The van der Waals surface area contributed by atoms with Crippen molar-refractivity contribution in [3.05, 3.63) is 17.0 Å². The van der Waals surface area contributed by atoms with Gasteiger partial charge >= 0.3 is 0 Å². The third-order valence-corrected chi connectivity index (χ3v) is 5.24. The van der Waals surface area contributed by atoms with Crippen molar-refractivity contribution < 1.29 is 13.5 Å². The van der Waals surface area contributed by atoms with Crippen LogP contribution in [0.3, 0.4) is 0 Å². The molecule has 1 aromatic heterocycles. The van der Waals surface area contributed by atoms with Crippen molar-refractivity contribution in [1.82, 2.24) is 4.72 Å². The summed E-state index contributed by atoms with van der Waals surface area (Å²) in [6, 6.07) is 4.72. The van der Waals surface area contributed by atoms with Crippen molar-refractivity contribution in [2.45, 2.75) is 30.1 Å². The minimum atomic E-state index is -3.64. The zero-order valence-electron chi connectivity index (χ0n) is 9.60. The monoisotopic (exact) mass is 274 g/mol. The van der Waals surface area contributed by atoms with Gasteiger partial charge in [0.15, 0.2) is 0 Å². The summed E-state index contributed by atoms with van der Waals surface area (Å²) in [5.41, 5.74) is -1.07. The van der Waals surface area contributed by atoms with Gasteiger partial charge in [0.05, 0.1) is 5.60 Å². The number of hydrogen-bond acceptors (Lipinski definition) is 5. The van der Waals surface area contributed by atoms with Crippen LogP contribution in [-0.2, 0) is 10.0 Å². The van der Waals surface area contributed by atoms with Gasteiger partial charge in [-0.05, 0) is 25.5 Å². The fourth-order valence-electron chi connectivity index (χ4n) is 0.971. The summed E-state index contributed by atoms with van der Waals surface area (Å²) in [6.45, 7) is 3.28. The molecule has 0 aliphatic heterocycles. The van der Waals surface area contributed by atoms with Gasteiger partial charge in [-0.3, -0.25) is 0 Å². The van der Waals surface area contributed by atoms with E-state index in [4.69, 9.17) is 5.26 Å². The van der Waals surface area contributed by atoms with Gasteiger partial charge in [0.2, 0.25) is 10.0 Å². The summed E-state index contributed by atoms with van der Waals surface area (Å²) in [6.07, 6.45) is 0.448. The molecule has 1 heterocycles. The van der Waals surface area contributed by atoms with Gasteiger partial charge in [-0.2, -0.15) is 5.26 Å². The highest BCUT2D eigenvalue weighted by molar-refractivity contribution is 7.91. The number of sulfonamides is 1. The summed E-state index contributed by atoms with van der Waals surface area (Å²) in [7, 11) is -3.64. The summed E-state index contributed by atoms with van der Waals surface area (Å²) in [5.74, 6) is 0. The molecule has 0 saturated carbocycles.